The van der Waals surface area contributed by atoms with Crippen LogP contribution in [0.5, 0.6) is 11.5 Å². The van der Waals surface area contributed by atoms with Crippen LogP contribution in [-0.4, -0.2) is 13.1 Å². The number of ether oxygens (including phenoxy) is 1. The van der Waals surface area contributed by atoms with E-state index in [2.05, 4.69) is 25.1 Å². The fourth-order valence-electron chi connectivity index (χ4n) is 2.99. The van der Waals surface area contributed by atoms with Crippen LogP contribution in [0.1, 0.15) is 25.3 Å². The number of hydrogen-bond acceptors (Lipinski definition) is 1. The number of nitrogens with one attached hydrogen (secondary N) is 1. The molecule has 3 rings (SSSR count). The lowest BCUT2D eigenvalue weighted by atomic mass is 9.99. The summed E-state index contributed by atoms with van der Waals surface area (Å²) in [7, 11) is 0. The Hall–Kier alpha value is -1.51. The first-order valence-electron chi connectivity index (χ1n) is 8.05. The summed E-state index contributed by atoms with van der Waals surface area (Å²) >= 11 is 5.90. The lowest BCUT2D eigenvalue weighted by Crippen LogP contribution is -3.11. The van der Waals surface area contributed by atoms with Crippen molar-refractivity contribution in [2.45, 2.75) is 26.3 Å². The van der Waals surface area contributed by atoms with E-state index in [1.165, 1.54) is 31.5 Å². The second kappa shape index (κ2) is 7.17. The van der Waals surface area contributed by atoms with E-state index in [0.29, 0.717) is 0 Å². The lowest BCUT2D eigenvalue weighted by Gasteiger charge is -2.27. The summed E-state index contributed by atoms with van der Waals surface area (Å²) in [6.07, 6.45) is 2.69. The van der Waals surface area contributed by atoms with Crippen LogP contribution in [0.15, 0.2) is 48.5 Å². The summed E-state index contributed by atoms with van der Waals surface area (Å²) in [5.41, 5.74) is 1.34. The molecule has 1 heterocycles. The molecule has 1 aliphatic rings. The smallest absolute Gasteiger partial charge is 0.127 e. The molecule has 1 N–H and O–H groups in total. The average Bonchev–Trinajstić information content (AvgIpc) is 2.52. The molecule has 0 bridgehead atoms. The Morgan fingerprint density at radius 3 is 2.50 bits per heavy atom. The zero-order chi connectivity index (χ0) is 15.4. The summed E-state index contributed by atoms with van der Waals surface area (Å²) in [6.45, 7) is 6.01. The Balaban J connectivity index is 1.63. The van der Waals surface area contributed by atoms with E-state index in [0.717, 1.165) is 29.0 Å². The van der Waals surface area contributed by atoms with Crippen molar-refractivity contribution < 1.29 is 9.64 Å². The summed E-state index contributed by atoms with van der Waals surface area (Å²) in [5, 5.41) is 0.726. The molecule has 0 saturated carbocycles. The molecular formula is C19H23ClNO+. The van der Waals surface area contributed by atoms with Crippen molar-refractivity contribution in [1.29, 1.82) is 0 Å². The minimum absolute atomic E-state index is 0.726. The van der Waals surface area contributed by atoms with Gasteiger partial charge in [0.15, 0.2) is 0 Å². The largest absolute Gasteiger partial charge is 0.457 e. The summed E-state index contributed by atoms with van der Waals surface area (Å²) in [6, 6.07) is 15.9. The number of likely N-dealkylation sites (tertiary alicyclic amines) is 1. The predicted molar refractivity (Wildman–Crippen MR) is 90.8 cm³/mol. The SMILES string of the molecule is CC1CC[NH+](Cc2cccc(Oc3ccc(Cl)cc3)c2)CC1. The van der Waals surface area contributed by atoms with E-state index < -0.39 is 0 Å². The second-order valence-electron chi connectivity index (χ2n) is 6.31. The van der Waals surface area contributed by atoms with Gasteiger partial charge in [-0.15, -0.1) is 0 Å². The van der Waals surface area contributed by atoms with Gasteiger partial charge in [-0.05, 0) is 55.2 Å². The molecule has 1 saturated heterocycles. The molecule has 116 valence electrons. The molecule has 0 aliphatic carbocycles. The zero-order valence-electron chi connectivity index (χ0n) is 13.0. The van der Waals surface area contributed by atoms with Gasteiger partial charge in [0.1, 0.15) is 18.0 Å². The van der Waals surface area contributed by atoms with Gasteiger partial charge in [-0.2, -0.15) is 0 Å². The third kappa shape index (κ3) is 4.25. The lowest BCUT2D eigenvalue weighted by molar-refractivity contribution is -0.919. The number of benzene rings is 2. The van der Waals surface area contributed by atoms with Crippen molar-refractivity contribution in [2.24, 2.45) is 5.92 Å². The molecule has 2 nitrogen and oxygen atoms in total. The monoisotopic (exact) mass is 316 g/mol. The minimum Gasteiger partial charge on any atom is -0.457 e. The summed E-state index contributed by atoms with van der Waals surface area (Å²) in [4.78, 5) is 1.68. The normalized spacial score (nSPS) is 21.5. The van der Waals surface area contributed by atoms with Crippen LogP contribution in [0.4, 0.5) is 0 Å². The van der Waals surface area contributed by atoms with Gasteiger partial charge in [-0.3, -0.25) is 0 Å². The maximum absolute atomic E-state index is 5.91. The zero-order valence-corrected chi connectivity index (χ0v) is 13.8. The highest BCUT2D eigenvalue weighted by Crippen LogP contribution is 2.23. The van der Waals surface area contributed by atoms with E-state index in [-0.39, 0.29) is 0 Å². The van der Waals surface area contributed by atoms with Gasteiger partial charge >= 0.3 is 0 Å². The third-order valence-corrected chi connectivity index (χ3v) is 4.64. The van der Waals surface area contributed by atoms with Crippen molar-refractivity contribution in [3.8, 4) is 11.5 Å². The van der Waals surface area contributed by atoms with E-state index in [1.54, 1.807) is 4.90 Å². The number of quaternary nitrogens is 1. The Kier molecular flexibility index (Phi) is 5.01. The first-order valence-corrected chi connectivity index (χ1v) is 8.43. The van der Waals surface area contributed by atoms with Crippen LogP contribution < -0.4 is 9.64 Å². The molecule has 1 aliphatic heterocycles. The van der Waals surface area contributed by atoms with Gasteiger partial charge in [0.05, 0.1) is 13.1 Å². The van der Waals surface area contributed by atoms with Gasteiger partial charge in [0.2, 0.25) is 0 Å². The van der Waals surface area contributed by atoms with Crippen molar-refractivity contribution in [3.63, 3.8) is 0 Å². The molecule has 22 heavy (non-hydrogen) atoms. The average molecular weight is 317 g/mol. The Labute approximate surface area is 137 Å². The van der Waals surface area contributed by atoms with E-state index in [9.17, 15) is 0 Å². The number of halogens is 1. The molecule has 0 spiro atoms. The number of piperidine rings is 1. The van der Waals surface area contributed by atoms with E-state index in [4.69, 9.17) is 16.3 Å². The van der Waals surface area contributed by atoms with Crippen molar-refractivity contribution in [2.75, 3.05) is 13.1 Å². The quantitative estimate of drug-likeness (QED) is 0.902. The molecule has 0 unspecified atom stereocenters. The van der Waals surface area contributed by atoms with Gasteiger partial charge in [-0.25, -0.2) is 0 Å². The maximum Gasteiger partial charge on any atom is 0.127 e. The van der Waals surface area contributed by atoms with Crippen LogP contribution in [0.2, 0.25) is 5.02 Å². The molecule has 0 atom stereocenters. The highest BCUT2D eigenvalue weighted by Gasteiger charge is 2.18. The van der Waals surface area contributed by atoms with Crippen molar-refractivity contribution in [1.82, 2.24) is 0 Å². The summed E-state index contributed by atoms with van der Waals surface area (Å²) in [5.74, 6) is 2.61. The standard InChI is InChI=1S/C19H22ClNO/c1-15-9-11-21(12-10-15)14-16-3-2-4-19(13-16)22-18-7-5-17(20)6-8-18/h2-8,13,15H,9-12,14H2,1H3/p+1. The van der Waals surface area contributed by atoms with Crippen molar-refractivity contribution >= 4 is 11.6 Å². The van der Waals surface area contributed by atoms with Gasteiger partial charge in [0, 0.05) is 10.6 Å². The van der Waals surface area contributed by atoms with Gasteiger partial charge < -0.3 is 9.64 Å². The highest BCUT2D eigenvalue weighted by molar-refractivity contribution is 6.30. The molecule has 0 amide bonds. The minimum atomic E-state index is 0.726. The molecular weight excluding hydrogens is 294 g/mol. The third-order valence-electron chi connectivity index (χ3n) is 4.38. The first kappa shape index (κ1) is 15.4. The Bertz CT molecular complexity index is 603. The molecule has 2 aromatic carbocycles. The van der Waals surface area contributed by atoms with Gasteiger partial charge in [-0.1, -0.05) is 30.7 Å². The molecule has 3 heteroatoms. The van der Waals surface area contributed by atoms with Crippen LogP contribution in [0.25, 0.3) is 0 Å². The topological polar surface area (TPSA) is 13.7 Å². The number of hydrogen-bond donors (Lipinski definition) is 1. The Morgan fingerprint density at radius 2 is 1.77 bits per heavy atom. The van der Waals surface area contributed by atoms with Crippen LogP contribution in [0, 0.1) is 5.92 Å². The van der Waals surface area contributed by atoms with Crippen LogP contribution >= 0.6 is 11.6 Å². The highest BCUT2D eigenvalue weighted by atomic mass is 35.5. The molecule has 0 radical (unpaired) electrons. The summed E-state index contributed by atoms with van der Waals surface area (Å²) < 4.78 is 5.91. The fourth-order valence-corrected chi connectivity index (χ4v) is 3.12. The van der Waals surface area contributed by atoms with E-state index in [1.807, 2.05) is 30.3 Å². The molecule has 1 fully saturated rings. The van der Waals surface area contributed by atoms with Crippen molar-refractivity contribution in [3.05, 3.63) is 59.1 Å². The first-order chi connectivity index (χ1) is 10.7. The molecule has 0 aromatic heterocycles. The van der Waals surface area contributed by atoms with Crippen LogP contribution in [-0.2, 0) is 6.54 Å². The second-order valence-corrected chi connectivity index (χ2v) is 6.75. The maximum atomic E-state index is 5.91. The van der Waals surface area contributed by atoms with E-state index >= 15 is 0 Å². The van der Waals surface area contributed by atoms with Gasteiger partial charge in [0.25, 0.3) is 0 Å². The predicted octanol–water partition coefficient (Wildman–Crippen LogP) is 3.95. The fraction of sp³-hybridized carbons (Fsp3) is 0.368. The van der Waals surface area contributed by atoms with Crippen LogP contribution in [0.3, 0.4) is 0 Å². The Morgan fingerprint density at radius 1 is 1.05 bits per heavy atom. The number of rotatable bonds is 4. The molecule has 2 aromatic rings.